The van der Waals surface area contributed by atoms with Crippen molar-refractivity contribution >= 4 is 35.2 Å². The zero-order valence-electron chi connectivity index (χ0n) is 10.8. The molecule has 1 nitrogen and oxygen atoms in total. The fourth-order valence-corrected chi connectivity index (χ4v) is 2.66. The molecule has 0 amide bonds. The fourth-order valence-electron chi connectivity index (χ4n) is 2.66. The maximum Gasteiger partial charge on any atom is 0.136 e. The second-order valence-corrected chi connectivity index (χ2v) is 4.90. The van der Waals surface area contributed by atoms with Crippen LogP contribution in [0.15, 0.2) is 71.1 Å². The van der Waals surface area contributed by atoms with Crippen LogP contribution in [0.25, 0.3) is 33.1 Å². The number of furan rings is 1. The van der Waals surface area contributed by atoms with E-state index in [9.17, 15) is 0 Å². The lowest BCUT2D eigenvalue weighted by Gasteiger charge is -2.01. The highest BCUT2D eigenvalue weighted by Gasteiger charge is 2.09. The predicted octanol–water partition coefficient (Wildman–Crippen LogP) is 4.05. The lowest BCUT2D eigenvalue weighted by Crippen LogP contribution is -2.00. The van der Waals surface area contributed by atoms with Crippen LogP contribution in [0.3, 0.4) is 0 Å². The van der Waals surface area contributed by atoms with Gasteiger partial charge in [-0.2, -0.15) is 0 Å². The highest BCUT2D eigenvalue weighted by atomic mass is 16.3. The minimum Gasteiger partial charge on any atom is -0.456 e. The monoisotopic (exact) mass is 254 g/mol. The van der Waals surface area contributed by atoms with Crippen LogP contribution < -0.4 is 5.46 Å². The molecule has 1 heterocycles. The van der Waals surface area contributed by atoms with Gasteiger partial charge >= 0.3 is 0 Å². The number of rotatable bonds is 1. The summed E-state index contributed by atoms with van der Waals surface area (Å²) in [6, 6.07) is 22.3. The maximum atomic E-state index is 6.06. The molecule has 0 atom stereocenters. The molecule has 2 heteroatoms. The third kappa shape index (κ3) is 1.65. The second kappa shape index (κ2) is 4.27. The zero-order valence-corrected chi connectivity index (χ0v) is 10.8. The highest BCUT2D eigenvalue weighted by Crippen LogP contribution is 2.30. The van der Waals surface area contributed by atoms with Gasteiger partial charge in [-0.3, -0.25) is 0 Å². The molecule has 92 valence electrons. The van der Waals surface area contributed by atoms with E-state index in [2.05, 4.69) is 30.3 Å². The summed E-state index contributed by atoms with van der Waals surface area (Å²) < 4.78 is 5.92. The third-order valence-corrected chi connectivity index (χ3v) is 3.64. The van der Waals surface area contributed by atoms with Crippen LogP contribution >= 0.6 is 0 Å². The van der Waals surface area contributed by atoms with Crippen LogP contribution in [0, 0.1) is 0 Å². The lowest BCUT2D eigenvalue weighted by atomic mass is 9.91. The van der Waals surface area contributed by atoms with E-state index in [1.807, 2.05) is 36.4 Å². The molecule has 0 N–H and O–H groups in total. The third-order valence-electron chi connectivity index (χ3n) is 3.64. The van der Waals surface area contributed by atoms with Gasteiger partial charge in [0.05, 0.1) is 0 Å². The van der Waals surface area contributed by atoms with Crippen LogP contribution in [0.4, 0.5) is 0 Å². The first-order valence-electron chi connectivity index (χ1n) is 6.59. The molecule has 0 bridgehead atoms. The molecule has 0 fully saturated rings. The van der Waals surface area contributed by atoms with Crippen molar-refractivity contribution in [1.82, 2.24) is 0 Å². The minimum atomic E-state index is 0.758. The fraction of sp³-hybridized carbons (Fsp3) is 0. The first kappa shape index (κ1) is 11.4. The molecule has 1 aromatic heterocycles. The topological polar surface area (TPSA) is 13.1 Å². The van der Waals surface area contributed by atoms with E-state index < -0.39 is 0 Å². The van der Waals surface area contributed by atoms with Crippen LogP contribution in [0.2, 0.25) is 0 Å². The van der Waals surface area contributed by atoms with Crippen molar-refractivity contribution in [1.29, 1.82) is 0 Å². The van der Waals surface area contributed by atoms with Crippen molar-refractivity contribution in [3.8, 4) is 11.1 Å². The summed E-state index contributed by atoms with van der Waals surface area (Å²) in [6.45, 7) is 0. The van der Waals surface area contributed by atoms with Gasteiger partial charge in [-0.25, -0.2) is 0 Å². The molecule has 2 radical (unpaired) electrons. The largest absolute Gasteiger partial charge is 0.456 e. The molecule has 0 aliphatic carbocycles. The smallest absolute Gasteiger partial charge is 0.136 e. The van der Waals surface area contributed by atoms with Crippen LogP contribution in [-0.2, 0) is 0 Å². The number of hydrogen-bond acceptors (Lipinski definition) is 1. The van der Waals surface area contributed by atoms with Gasteiger partial charge in [-0.05, 0) is 29.3 Å². The van der Waals surface area contributed by atoms with E-state index in [-0.39, 0.29) is 0 Å². The second-order valence-electron chi connectivity index (χ2n) is 4.90. The van der Waals surface area contributed by atoms with E-state index in [0.717, 1.165) is 33.0 Å². The Morgan fingerprint density at radius 1 is 0.700 bits per heavy atom. The van der Waals surface area contributed by atoms with Crippen molar-refractivity contribution in [3.63, 3.8) is 0 Å². The average Bonchev–Trinajstić information content (AvgIpc) is 2.87. The Bertz CT molecular complexity index is 907. The summed E-state index contributed by atoms with van der Waals surface area (Å²) in [4.78, 5) is 0. The van der Waals surface area contributed by atoms with E-state index >= 15 is 0 Å². The van der Waals surface area contributed by atoms with Crippen molar-refractivity contribution in [2.45, 2.75) is 0 Å². The van der Waals surface area contributed by atoms with Crippen molar-refractivity contribution in [2.75, 3.05) is 0 Å². The molecule has 0 aliphatic rings. The highest BCUT2D eigenvalue weighted by molar-refractivity contribution is 6.41. The SMILES string of the molecule is [B]c1cccc2oc3cc(-c4ccccc4)ccc3c12. The number of fused-ring (bicyclic) bond motifs is 3. The average molecular weight is 254 g/mol. The van der Waals surface area contributed by atoms with Crippen LogP contribution in [0.5, 0.6) is 0 Å². The summed E-state index contributed by atoms with van der Waals surface area (Å²) in [7, 11) is 6.06. The van der Waals surface area contributed by atoms with Crippen molar-refractivity contribution in [2.24, 2.45) is 0 Å². The lowest BCUT2D eigenvalue weighted by molar-refractivity contribution is 0.669. The molecule has 0 saturated heterocycles. The molecular formula is C18H11BO. The van der Waals surface area contributed by atoms with Gasteiger partial charge in [-0.15, -0.1) is 0 Å². The van der Waals surface area contributed by atoms with Gasteiger partial charge in [-0.1, -0.05) is 54.0 Å². The molecule has 4 rings (SSSR count). The molecule has 4 aromatic rings. The molecular weight excluding hydrogens is 243 g/mol. The normalized spacial score (nSPS) is 11.2. The van der Waals surface area contributed by atoms with Crippen LogP contribution in [-0.4, -0.2) is 7.85 Å². The van der Waals surface area contributed by atoms with Gasteiger partial charge in [0.2, 0.25) is 0 Å². The summed E-state index contributed by atoms with van der Waals surface area (Å²) in [6.07, 6.45) is 0. The van der Waals surface area contributed by atoms with Crippen molar-refractivity contribution in [3.05, 3.63) is 66.7 Å². The molecule has 0 spiro atoms. The molecule has 0 unspecified atom stereocenters. The Morgan fingerprint density at radius 2 is 1.55 bits per heavy atom. The molecule has 3 aromatic carbocycles. The Kier molecular flexibility index (Phi) is 2.43. The Balaban J connectivity index is 2.01. The number of benzene rings is 3. The van der Waals surface area contributed by atoms with E-state index in [4.69, 9.17) is 12.3 Å². The predicted molar refractivity (Wildman–Crippen MR) is 84.5 cm³/mol. The standard InChI is InChI=1S/C18H11BO/c19-15-7-4-8-16-18(15)14-10-9-13(11-17(14)20-16)12-5-2-1-3-6-12/h1-11H. The van der Waals surface area contributed by atoms with E-state index in [1.165, 1.54) is 5.56 Å². The molecule has 0 saturated carbocycles. The van der Waals surface area contributed by atoms with Gasteiger partial charge in [0.15, 0.2) is 0 Å². The van der Waals surface area contributed by atoms with Gasteiger partial charge in [0.25, 0.3) is 0 Å². The zero-order chi connectivity index (χ0) is 13.5. The van der Waals surface area contributed by atoms with E-state index in [1.54, 1.807) is 0 Å². The number of hydrogen-bond donors (Lipinski definition) is 0. The summed E-state index contributed by atoms with van der Waals surface area (Å²) in [5.74, 6) is 0. The summed E-state index contributed by atoms with van der Waals surface area (Å²) in [5, 5.41) is 2.07. The Hall–Kier alpha value is -2.48. The first-order valence-corrected chi connectivity index (χ1v) is 6.59. The maximum absolute atomic E-state index is 6.06. The van der Waals surface area contributed by atoms with Gasteiger partial charge in [0.1, 0.15) is 19.0 Å². The summed E-state index contributed by atoms with van der Waals surface area (Å²) >= 11 is 0. The minimum absolute atomic E-state index is 0.758. The van der Waals surface area contributed by atoms with Gasteiger partial charge < -0.3 is 4.42 Å². The van der Waals surface area contributed by atoms with Crippen molar-refractivity contribution < 1.29 is 4.42 Å². The van der Waals surface area contributed by atoms with Crippen LogP contribution in [0.1, 0.15) is 0 Å². The molecule has 0 aliphatic heterocycles. The summed E-state index contributed by atoms with van der Waals surface area (Å²) in [5.41, 5.74) is 4.80. The Morgan fingerprint density at radius 3 is 2.40 bits per heavy atom. The quantitative estimate of drug-likeness (QED) is 0.467. The van der Waals surface area contributed by atoms with E-state index in [0.29, 0.717) is 0 Å². The van der Waals surface area contributed by atoms with Gasteiger partial charge in [0, 0.05) is 10.8 Å². The Labute approximate surface area is 118 Å². The first-order chi connectivity index (χ1) is 9.83. The molecule has 20 heavy (non-hydrogen) atoms.